The number of nitrogens with two attached hydrogens (primary N) is 1. The molecule has 0 aliphatic rings. The van der Waals surface area contributed by atoms with E-state index in [1.165, 1.54) is 11.8 Å². The number of tetrazole rings is 1. The smallest absolute Gasteiger partial charge is 0.213 e. The van der Waals surface area contributed by atoms with Crippen LogP contribution in [-0.2, 0) is 13.6 Å². The summed E-state index contributed by atoms with van der Waals surface area (Å²) in [6.45, 7) is 0.518. The van der Waals surface area contributed by atoms with Gasteiger partial charge in [0.25, 0.3) is 0 Å². The van der Waals surface area contributed by atoms with Crippen molar-refractivity contribution in [3.05, 3.63) is 28.2 Å². The molecule has 0 bridgehead atoms. The van der Waals surface area contributed by atoms with Gasteiger partial charge in [-0.25, -0.2) is 4.68 Å². The second kappa shape index (κ2) is 4.94. The summed E-state index contributed by atoms with van der Waals surface area (Å²) < 4.78 is 2.64. The van der Waals surface area contributed by atoms with Gasteiger partial charge in [-0.3, -0.25) is 0 Å². The summed E-state index contributed by atoms with van der Waals surface area (Å²) in [6, 6.07) is 6.04. The van der Waals surface area contributed by atoms with Gasteiger partial charge in [-0.05, 0) is 46.0 Å². The number of benzene rings is 1. The lowest BCUT2D eigenvalue weighted by Crippen LogP contribution is -1.97. The Morgan fingerprint density at radius 1 is 1.44 bits per heavy atom. The van der Waals surface area contributed by atoms with Gasteiger partial charge in [-0.15, -0.1) is 5.10 Å². The first-order valence-corrected chi connectivity index (χ1v) is 6.20. The van der Waals surface area contributed by atoms with Crippen molar-refractivity contribution in [2.45, 2.75) is 16.6 Å². The molecule has 0 saturated carbocycles. The van der Waals surface area contributed by atoms with Crippen LogP contribution in [0.1, 0.15) is 5.56 Å². The third kappa shape index (κ3) is 2.60. The van der Waals surface area contributed by atoms with E-state index in [9.17, 15) is 0 Å². The van der Waals surface area contributed by atoms with Gasteiger partial charge in [-0.1, -0.05) is 15.9 Å². The van der Waals surface area contributed by atoms with E-state index in [1.807, 2.05) is 25.2 Å². The lowest BCUT2D eigenvalue weighted by atomic mass is 10.2. The number of hydrogen-bond donors (Lipinski definition) is 1. The highest BCUT2D eigenvalue weighted by atomic mass is 79.9. The molecule has 7 heteroatoms. The van der Waals surface area contributed by atoms with E-state index in [0.717, 1.165) is 20.1 Å². The highest BCUT2D eigenvalue weighted by molar-refractivity contribution is 9.10. The van der Waals surface area contributed by atoms with Crippen LogP contribution in [0.5, 0.6) is 0 Å². The largest absolute Gasteiger partial charge is 0.326 e. The minimum Gasteiger partial charge on any atom is -0.326 e. The minimum atomic E-state index is 0.518. The zero-order valence-corrected chi connectivity index (χ0v) is 11.0. The van der Waals surface area contributed by atoms with Crippen molar-refractivity contribution >= 4 is 27.7 Å². The summed E-state index contributed by atoms with van der Waals surface area (Å²) in [5, 5.41) is 12.0. The molecule has 0 aliphatic carbocycles. The predicted molar refractivity (Wildman–Crippen MR) is 65.0 cm³/mol. The van der Waals surface area contributed by atoms with Crippen LogP contribution in [0.15, 0.2) is 32.7 Å². The Labute approximate surface area is 106 Å². The van der Waals surface area contributed by atoms with Gasteiger partial charge in [-0.2, -0.15) is 0 Å². The molecule has 0 unspecified atom stereocenters. The molecule has 2 rings (SSSR count). The van der Waals surface area contributed by atoms with Crippen molar-refractivity contribution in [3.8, 4) is 0 Å². The SMILES string of the molecule is Cn1nnnc1Sc1cc(Br)cc(CN)c1. The second-order valence-electron chi connectivity index (χ2n) is 3.19. The number of hydrogen-bond acceptors (Lipinski definition) is 5. The zero-order chi connectivity index (χ0) is 11.5. The first kappa shape index (κ1) is 11.6. The number of nitrogens with zero attached hydrogens (tertiary/aromatic N) is 4. The number of halogens is 1. The summed E-state index contributed by atoms with van der Waals surface area (Å²) in [5.41, 5.74) is 6.69. The Morgan fingerprint density at radius 2 is 2.25 bits per heavy atom. The molecular formula is C9H10BrN5S. The zero-order valence-electron chi connectivity index (χ0n) is 8.59. The Bertz CT molecular complexity index is 498. The van der Waals surface area contributed by atoms with Gasteiger partial charge >= 0.3 is 0 Å². The predicted octanol–water partition coefficient (Wildman–Crippen LogP) is 1.58. The average molecular weight is 300 g/mol. The third-order valence-corrected chi connectivity index (χ3v) is 3.41. The Balaban J connectivity index is 2.28. The van der Waals surface area contributed by atoms with Crippen molar-refractivity contribution < 1.29 is 0 Å². The highest BCUT2D eigenvalue weighted by Crippen LogP contribution is 2.28. The molecule has 0 spiro atoms. The van der Waals surface area contributed by atoms with Crippen LogP contribution in [0.25, 0.3) is 0 Å². The van der Waals surface area contributed by atoms with Crippen LogP contribution in [0.2, 0.25) is 0 Å². The minimum absolute atomic E-state index is 0.518. The number of aryl methyl sites for hydroxylation is 1. The summed E-state index contributed by atoms with van der Waals surface area (Å²) in [4.78, 5) is 1.06. The number of rotatable bonds is 3. The number of aromatic nitrogens is 4. The fourth-order valence-corrected chi connectivity index (χ4v) is 2.76. The van der Waals surface area contributed by atoms with E-state index in [1.54, 1.807) is 4.68 Å². The van der Waals surface area contributed by atoms with Gasteiger partial charge in [0.2, 0.25) is 5.16 Å². The maximum atomic E-state index is 5.62. The standard InChI is InChI=1S/C9H10BrN5S/c1-15-9(12-13-14-15)16-8-3-6(5-11)2-7(10)4-8/h2-4H,5,11H2,1H3. The molecule has 0 radical (unpaired) electrons. The average Bonchev–Trinajstić information content (AvgIpc) is 2.63. The van der Waals surface area contributed by atoms with Crippen molar-refractivity contribution in [2.75, 3.05) is 0 Å². The molecular weight excluding hydrogens is 290 g/mol. The molecule has 84 valence electrons. The fraction of sp³-hybridized carbons (Fsp3) is 0.222. The quantitative estimate of drug-likeness (QED) is 0.932. The first-order chi connectivity index (χ1) is 7.69. The summed E-state index contributed by atoms with van der Waals surface area (Å²) in [6.07, 6.45) is 0. The normalized spacial score (nSPS) is 10.7. The molecule has 16 heavy (non-hydrogen) atoms. The lowest BCUT2D eigenvalue weighted by molar-refractivity contribution is 0.664. The monoisotopic (exact) mass is 299 g/mol. The molecule has 5 nitrogen and oxygen atoms in total. The van der Waals surface area contributed by atoms with Crippen LogP contribution in [0.3, 0.4) is 0 Å². The molecule has 1 aromatic carbocycles. The van der Waals surface area contributed by atoms with Gasteiger partial charge in [0.05, 0.1) is 0 Å². The van der Waals surface area contributed by atoms with E-state index in [0.29, 0.717) is 6.54 Å². The Kier molecular flexibility index (Phi) is 3.57. The van der Waals surface area contributed by atoms with Crippen molar-refractivity contribution in [1.29, 1.82) is 0 Å². The van der Waals surface area contributed by atoms with Crippen molar-refractivity contribution in [1.82, 2.24) is 20.2 Å². The van der Waals surface area contributed by atoms with Crippen LogP contribution >= 0.6 is 27.7 Å². The van der Waals surface area contributed by atoms with E-state index in [-0.39, 0.29) is 0 Å². The third-order valence-electron chi connectivity index (χ3n) is 1.96. The summed E-state index contributed by atoms with van der Waals surface area (Å²) >= 11 is 4.95. The molecule has 2 aromatic rings. The highest BCUT2D eigenvalue weighted by Gasteiger charge is 2.06. The molecule has 2 N–H and O–H groups in total. The van der Waals surface area contributed by atoms with E-state index in [2.05, 4.69) is 31.5 Å². The van der Waals surface area contributed by atoms with Gasteiger partial charge in [0.1, 0.15) is 0 Å². The summed E-state index contributed by atoms with van der Waals surface area (Å²) in [5.74, 6) is 0. The van der Waals surface area contributed by atoms with Gasteiger partial charge in [0, 0.05) is 23.0 Å². The molecule has 0 aliphatic heterocycles. The van der Waals surface area contributed by atoms with Crippen molar-refractivity contribution in [2.24, 2.45) is 12.8 Å². The van der Waals surface area contributed by atoms with Gasteiger partial charge < -0.3 is 5.73 Å². The molecule has 0 amide bonds. The van der Waals surface area contributed by atoms with Crippen LogP contribution in [0, 0.1) is 0 Å². The van der Waals surface area contributed by atoms with E-state index < -0.39 is 0 Å². The van der Waals surface area contributed by atoms with Crippen LogP contribution in [-0.4, -0.2) is 20.2 Å². The lowest BCUT2D eigenvalue weighted by Gasteiger charge is -2.03. The van der Waals surface area contributed by atoms with Crippen LogP contribution in [0.4, 0.5) is 0 Å². The second-order valence-corrected chi connectivity index (χ2v) is 5.14. The van der Waals surface area contributed by atoms with Crippen molar-refractivity contribution in [3.63, 3.8) is 0 Å². The summed E-state index contributed by atoms with van der Waals surface area (Å²) in [7, 11) is 1.81. The van der Waals surface area contributed by atoms with Crippen LogP contribution < -0.4 is 5.73 Å². The Hall–Kier alpha value is -0.920. The maximum Gasteiger partial charge on any atom is 0.213 e. The van der Waals surface area contributed by atoms with E-state index in [4.69, 9.17) is 5.73 Å². The Morgan fingerprint density at radius 3 is 2.88 bits per heavy atom. The first-order valence-electron chi connectivity index (χ1n) is 4.59. The topological polar surface area (TPSA) is 69.6 Å². The maximum absolute atomic E-state index is 5.62. The molecule has 1 heterocycles. The molecule has 0 saturated heterocycles. The van der Waals surface area contributed by atoms with Gasteiger partial charge in [0.15, 0.2) is 0 Å². The molecule has 0 fully saturated rings. The fourth-order valence-electron chi connectivity index (χ4n) is 1.21. The molecule has 1 aromatic heterocycles. The van der Waals surface area contributed by atoms with E-state index >= 15 is 0 Å². The molecule has 0 atom stereocenters.